The Bertz CT molecular complexity index is 2310. The third-order valence-electron chi connectivity index (χ3n) is 17.8. The number of hydrogen-bond acceptors (Lipinski definition) is 10. The van der Waals surface area contributed by atoms with Crippen LogP contribution in [0.5, 0.6) is 0 Å². The fraction of sp³-hybridized carbons (Fsp3) is 0.769. The number of carbonyl (C=O) groups is 2. The molecule has 0 aromatic rings. The Kier molecular flexibility index (Phi) is 42.4. The van der Waals surface area contributed by atoms with Crippen molar-refractivity contribution >= 4 is 12.6 Å². The molecule has 0 aromatic heterocycles. The van der Waals surface area contributed by atoms with E-state index in [1.54, 1.807) is 5.57 Å². The van der Waals surface area contributed by atoms with Crippen molar-refractivity contribution in [3.63, 3.8) is 0 Å². The molecule has 0 radical (unpaired) electrons. The van der Waals surface area contributed by atoms with Gasteiger partial charge < -0.3 is 30.0 Å². The monoisotopic (exact) mass is 1220 g/mol. The van der Waals surface area contributed by atoms with Crippen LogP contribution in [0, 0.1) is 92.7 Å². The molecule has 0 fully saturated rings. The maximum absolute atomic E-state index is 10.7. The largest absolute Gasteiger partial charge is 0.390 e. The van der Waals surface area contributed by atoms with E-state index in [2.05, 4.69) is 88.4 Å². The lowest BCUT2D eigenvalue weighted by molar-refractivity contribution is -0.112. The average Bonchev–Trinajstić information content (AvgIpc) is 3.61. The minimum atomic E-state index is -0.556. The first-order valence-electron chi connectivity index (χ1n) is 34.9. The first-order chi connectivity index (χ1) is 41.5. The van der Waals surface area contributed by atoms with Gasteiger partial charge in [0.15, 0.2) is 0 Å². The second-order valence-corrected chi connectivity index (χ2v) is 30.2. The van der Waals surface area contributed by atoms with E-state index in [1.807, 2.05) is 55.4 Å². The number of aliphatic hydroxyl groups is 4. The predicted molar refractivity (Wildman–Crippen MR) is 365 cm³/mol. The summed E-state index contributed by atoms with van der Waals surface area (Å²) in [4.78, 5) is 21.2. The van der Waals surface area contributed by atoms with Gasteiger partial charge in [0.05, 0.1) is 70.4 Å². The van der Waals surface area contributed by atoms with Crippen LogP contribution in [-0.4, -0.2) is 55.4 Å². The number of nitriles is 4. The lowest BCUT2D eigenvalue weighted by atomic mass is 9.87. The van der Waals surface area contributed by atoms with E-state index in [0.29, 0.717) is 11.8 Å². The summed E-state index contributed by atoms with van der Waals surface area (Å²) in [6.07, 6.45) is 53.8. The van der Waals surface area contributed by atoms with Gasteiger partial charge in [-0.1, -0.05) is 110 Å². The minimum absolute atomic E-state index is 0.229. The van der Waals surface area contributed by atoms with Gasteiger partial charge in [0.1, 0.15) is 12.6 Å². The second kappa shape index (κ2) is 45.8. The number of rotatable bonds is 26. The summed E-state index contributed by atoms with van der Waals surface area (Å²) in [6.45, 7) is 23.9. The van der Waals surface area contributed by atoms with E-state index in [0.717, 1.165) is 217 Å². The highest BCUT2D eigenvalue weighted by Gasteiger charge is 2.21. The topological polar surface area (TPSA) is 210 Å². The van der Waals surface area contributed by atoms with E-state index in [-0.39, 0.29) is 23.7 Å². The molecule has 88 heavy (non-hydrogen) atoms. The van der Waals surface area contributed by atoms with E-state index in [4.69, 9.17) is 21.0 Å². The smallest absolute Gasteiger partial charge is 0.123 e. The van der Waals surface area contributed by atoms with E-state index < -0.39 is 22.4 Å². The van der Waals surface area contributed by atoms with Crippen LogP contribution < -0.4 is 0 Å². The Morgan fingerprint density at radius 1 is 0.398 bits per heavy atom. The molecule has 0 spiro atoms. The summed E-state index contributed by atoms with van der Waals surface area (Å²) >= 11 is 0. The van der Waals surface area contributed by atoms with Gasteiger partial charge in [0.2, 0.25) is 0 Å². The SMILES string of the molecule is CC(C)(O)CCCC1=CCC(C#N)CC1.CC(C)(O)CCCC1=CCC(C=O)CC1.CC(C)(O)CCCC1=CCCC(C#N)C1.CC(C)(O)CCCC1=CCCC(C=O)C1.CC(C)CCCC1=CCC(C#N)CC1.CC(C)CCCC1=CCCC(C#N)C1. The van der Waals surface area contributed by atoms with Crippen LogP contribution in [0.2, 0.25) is 0 Å². The molecule has 10 heteroatoms. The maximum atomic E-state index is 10.7. The number of carbonyl (C=O) groups excluding carboxylic acids is 2. The summed E-state index contributed by atoms with van der Waals surface area (Å²) in [6, 6.07) is 9.42. The van der Waals surface area contributed by atoms with Crippen molar-refractivity contribution in [1.82, 2.24) is 0 Å². The molecule has 0 amide bonds. The highest BCUT2D eigenvalue weighted by Crippen LogP contribution is 2.32. The van der Waals surface area contributed by atoms with Crippen molar-refractivity contribution < 1.29 is 30.0 Å². The summed E-state index contributed by atoms with van der Waals surface area (Å²) in [5.74, 6) is 3.19. The molecule has 0 aliphatic heterocycles. The van der Waals surface area contributed by atoms with Gasteiger partial charge in [-0.2, -0.15) is 21.0 Å². The van der Waals surface area contributed by atoms with Crippen molar-refractivity contribution in [2.24, 2.45) is 47.3 Å². The van der Waals surface area contributed by atoms with Crippen LogP contribution in [0.25, 0.3) is 0 Å². The van der Waals surface area contributed by atoms with Crippen LogP contribution in [0.3, 0.4) is 0 Å². The fourth-order valence-electron chi connectivity index (χ4n) is 12.1. The third-order valence-corrected chi connectivity index (χ3v) is 17.8. The molecule has 0 heterocycles. The van der Waals surface area contributed by atoms with Crippen LogP contribution in [0.1, 0.15) is 314 Å². The molecule has 0 saturated heterocycles. The Morgan fingerprint density at radius 3 is 1.00 bits per heavy atom. The average molecular weight is 1220 g/mol. The standard InChI is InChI=1S/2C13H21NO.2C13H21N.2C13H22O2/c1-13(2,15)8-4-7-11-5-3-6-12(9-11)10-14;1-13(2,15)9-3-4-11-5-7-12(10-14)8-6-11;1-11(2)5-3-6-12-7-4-8-13(9-12)10-14;1-11(2)4-3-5-12-6-8-13(10-14)9-7-12;1-13(2,15)8-4-7-11-5-3-6-12(9-11)10-14;1-13(2,15)9-3-4-11-5-7-12(10-14)8-6-11/h2*5,12,15H,3-4,6-9H2,1-2H3;7,11,13H,3-6,8-9H2,1-2H3;6,11,13H,3-5,7-9H2,1-2H3;2*5,10,12,15H,3-4,6-9H2,1-2H3. The van der Waals surface area contributed by atoms with Crippen LogP contribution in [0.4, 0.5) is 0 Å². The van der Waals surface area contributed by atoms with Crippen molar-refractivity contribution in [1.29, 1.82) is 21.0 Å². The molecule has 4 N–H and O–H groups in total. The fourth-order valence-corrected chi connectivity index (χ4v) is 12.1. The van der Waals surface area contributed by atoms with Gasteiger partial charge in [-0.05, 0) is 286 Å². The Hall–Kier alpha value is -4.42. The molecular weight excluding hydrogens is 1090 g/mol. The quantitative estimate of drug-likeness (QED) is 0.0475. The molecule has 6 aliphatic carbocycles. The molecule has 10 nitrogen and oxygen atoms in total. The Balaban J connectivity index is 0.000000528. The maximum Gasteiger partial charge on any atom is 0.123 e. The van der Waals surface area contributed by atoms with Gasteiger partial charge in [-0.25, -0.2) is 0 Å². The summed E-state index contributed by atoms with van der Waals surface area (Å²) in [5.41, 5.74) is 6.71. The third kappa shape index (κ3) is 45.8. The van der Waals surface area contributed by atoms with E-state index >= 15 is 0 Å². The van der Waals surface area contributed by atoms with Crippen LogP contribution >= 0.6 is 0 Å². The first-order valence-corrected chi connectivity index (χ1v) is 34.9. The van der Waals surface area contributed by atoms with Gasteiger partial charge in [-0.15, -0.1) is 0 Å². The molecule has 6 unspecified atom stereocenters. The highest BCUT2D eigenvalue weighted by molar-refractivity contribution is 5.55. The molecule has 496 valence electrons. The van der Waals surface area contributed by atoms with Crippen molar-refractivity contribution in [3.05, 3.63) is 69.9 Å². The number of nitrogens with zero attached hydrogens (tertiary/aromatic N) is 4. The number of aldehydes is 2. The van der Waals surface area contributed by atoms with Gasteiger partial charge in [0.25, 0.3) is 0 Å². The number of hydrogen-bond donors (Lipinski definition) is 4. The van der Waals surface area contributed by atoms with Crippen LogP contribution in [-0.2, 0) is 9.59 Å². The van der Waals surface area contributed by atoms with Gasteiger partial charge >= 0.3 is 0 Å². The van der Waals surface area contributed by atoms with Crippen molar-refractivity contribution in [2.45, 2.75) is 337 Å². The minimum Gasteiger partial charge on any atom is -0.390 e. The van der Waals surface area contributed by atoms with Gasteiger partial charge in [-0.3, -0.25) is 0 Å². The Labute approximate surface area is 539 Å². The molecule has 6 atom stereocenters. The second-order valence-electron chi connectivity index (χ2n) is 30.2. The zero-order valence-corrected chi connectivity index (χ0v) is 58.1. The lowest BCUT2D eigenvalue weighted by Gasteiger charge is -2.20. The summed E-state index contributed by atoms with van der Waals surface area (Å²) in [5, 5.41) is 73.5. The van der Waals surface area contributed by atoms with Crippen molar-refractivity contribution in [2.75, 3.05) is 0 Å². The van der Waals surface area contributed by atoms with E-state index in [9.17, 15) is 30.0 Å². The molecular formula is C78H128N4O6. The summed E-state index contributed by atoms with van der Waals surface area (Å²) < 4.78 is 0. The molecule has 0 aromatic carbocycles. The molecule has 6 rings (SSSR count). The molecule has 0 saturated carbocycles. The zero-order chi connectivity index (χ0) is 66.0. The summed E-state index contributed by atoms with van der Waals surface area (Å²) in [7, 11) is 0. The number of allylic oxidation sites excluding steroid dienone is 12. The van der Waals surface area contributed by atoms with E-state index in [1.165, 1.54) is 66.4 Å². The van der Waals surface area contributed by atoms with Crippen LogP contribution in [0.15, 0.2) is 69.9 Å². The highest BCUT2D eigenvalue weighted by atomic mass is 16.3. The van der Waals surface area contributed by atoms with Crippen molar-refractivity contribution in [3.8, 4) is 24.3 Å². The predicted octanol–water partition coefficient (Wildman–Crippen LogP) is 20.2. The normalized spacial score (nSPS) is 22.1. The lowest BCUT2D eigenvalue weighted by Crippen LogP contribution is -2.18. The molecule has 6 aliphatic rings. The molecule has 0 bridgehead atoms. The first kappa shape index (κ1) is 81.6. The zero-order valence-electron chi connectivity index (χ0n) is 58.1. The Morgan fingerprint density at radius 2 is 0.705 bits per heavy atom. The van der Waals surface area contributed by atoms with Gasteiger partial charge in [0, 0.05) is 11.8 Å².